The fourth-order valence-electron chi connectivity index (χ4n) is 1.33. The largest absolute Gasteiger partial charge is 0.394 e. The Hall–Kier alpha value is -0.280. The summed E-state index contributed by atoms with van der Waals surface area (Å²) in [5.41, 5.74) is 0. The van der Waals surface area contributed by atoms with Gasteiger partial charge in [0.25, 0.3) is 0 Å². The Morgan fingerprint density at radius 3 is 2.16 bits per heavy atom. The molecule has 0 radical (unpaired) electrons. The molecule has 0 bridgehead atoms. The van der Waals surface area contributed by atoms with Gasteiger partial charge in [-0.1, -0.05) is 0 Å². The molecule has 7 nitrogen and oxygen atoms in total. The molecule has 19 heavy (non-hydrogen) atoms. The summed E-state index contributed by atoms with van der Waals surface area (Å²) < 4.78 is 20.8. The minimum atomic E-state index is -0.286. The highest BCUT2D eigenvalue weighted by Gasteiger charge is 2.14. The predicted molar refractivity (Wildman–Crippen MR) is 67.9 cm³/mol. The molecule has 0 aliphatic carbocycles. The quantitative estimate of drug-likeness (QED) is 0.355. The third kappa shape index (κ3) is 11.3. The number of hydrogen-bond donors (Lipinski definition) is 1. The lowest BCUT2D eigenvalue weighted by Crippen LogP contribution is -2.31. The monoisotopic (exact) mass is 282 g/mol. The highest BCUT2D eigenvalue weighted by atomic mass is 17.2. The zero-order chi connectivity index (χ0) is 14.3. The molecule has 0 aromatic rings. The van der Waals surface area contributed by atoms with Gasteiger partial charge in [0.2, 0.25) is 0 Å². The Labute approximate surface area is 114 Å². The highest BCUT2D eigenvalue weighted by Crippen LogP contribution is 1.99. The summed E-state index contributed by atoms with van der Waals surface area (Å²) >= 11 is 0. The van der Waals surface area contributed by atoms with Crippen LogP contribution < -0.4 is 0 Å². The van der Waals surface area contributed by atoms with Crippen LogP contribution >= 0.6 is 0 Å². The fraction of sp³-hybridized carbons (Fsp3) is 1.00. The maximum atomic E-state index is 8.70. The van der Waals surface area contributed by atoms with Crippen molar-refractivity contribution in [3.63, 3.8) is 0 Å². The third-order valence-corrected chi connectivity index (χ3v) is 2.08. The fourth-order valence-corrected chi connectivity index (χ4v) is 1.33. The zero-order valence-corrected chi connectivity index (χ0v) is 12.0. The Morgan fingerprint density at radius 2 is 1.58 bits per heavy atom. The molecule has 0 fully saturated rings. The number of aliphatic hydroxyl groups is 1. The first-order chi connectivity index (χ1) is 9.28. The summed E-state index contributed by atoms with van der Waals surface area (Å²) in [7, 11) is 3.17. The minimum absolute atomic E-state index is 0.0278. The summed E-state index contributed by atoms with van der Waals surface area (Å²) in [6, 6.07) is 0. The molecule has 0 spiro atoms. The molecule has 0 amide bonds. The lowest BCUT2D eigenvalue weighted by molar-refractivity contribution is -0.333. The Balaban J connectivity index is 3.83. The van der Waals surface area contributed by atoms with Crippen LogP contribution in [-0.2, 0) is 28.7 Å². The molecule has 7 heteroatoms. The van der Waals surface area contributed by atoms with Gasteiger partial charge in [-0.05, 0) is 6.92 Å². The molecule has 2 unspecified atom stereocenters. The number of rotatable bonds is 14. The van der Waals surface area contributed by atoms with Gasteiger partial charge < -0.3 is 24.1 Å². The van der Waals surface area contributed by atoms with Crippen LogP contribution in [0.25, 0.3) is 0 Å². The molecular weight excluding hydrogens is 256 g/mol. The molecule has 0 aliphatic rings. The number of hydrogen-bond acceptors (Lipinski definition) is 7. The van der Waals surface area contributed by atoms with Crippen LogP contribution in [0.5, 0.6) is 0 Å². The molecule has 1 N–H and O–H groups in total. The lowest BCUT2D eigenvalue weighted by atomic mass is 10.4. The van der Waals surface area contributed by atoms with Crippen LogP contribution in [0.1, 0.15) is 6.92 Å². The molecule has 2 atom stereocenters. The van der Waals surface area contributed by atoms with Crippen molar-refractivity contribution < 1.29 is 33.8 Å². The van der Waals surface area contributed by atoms with E-state index in [4.69, 9.17) is 33.8 Å². The SMILES string of the molecule is CCOOC(COC)COCC(COC)OCCO. The molecule has 0 aliphatic heterocycles. The number of ether oxygens (including phenoxy) is 4. The van der Waals surface area contributed by atoms with Crippen LogP contribution in [0, 0.1) is 0 Å². The van der Waals surface area contributed by atoms with Gasteiger partial charge >= 0.3 is 0 Å². The maximum absolute atomic E-state index is 8.70. The highest BCUT2D eigenvalue weighted by molar-refractivity contribution is 4.58. The molecule has 0 aromatic carbocycles. The summed E-state index contributed by atoms with van der Waals surface area (Å²) in [4.78, 5) is 9.96. The van der Waals surface area contributed by atoms with E-state index in [9.17, 15) is 0 Å². The van der Waals surface area contributed by atoms with Gasteiger partial charge in [0.1, 0.15) is 12.2 Å². The smallest absolute Gasteiger partial charge is 0.139 e. The van der Waals surface area contributed by atoms with E-state index < -0.39 is 0 Å². The maximum Gasteiger partial charge on any atom is 0.139 e. The molecule has 0 aromatic heterocycles. The third-order valence-electron chi connectivity index (χ3n) is 2.08. The van der Waals surface area contributed by atoms with Crippen LogP contribution in [-0.4, -0.2) is 77.8 Å². The average Bonchev–Trinajstić information content (AvgIpc) is 2.42. The van der Waals surface area contributed by atoms with Crippen molar-refractivity contribution in [1.29, 1.82) is 0 Å². The summed E-state index contributed by atoms with van der Waals surface area (Å²) in [6.07, 6.45) is -0.501. The Bertz CT molecular complexity index is 161. The van der Waals surface area contributed by atoms with Gasteiger partial charge in [0, 0.05) is 14.2 Å². The van der Waals surface area contributed by atoms with Gasteiger partial charge in [-0.25, -0.2) is 9.78 Å². The first-order valence-electron chi connectivity index (χ1n) is 6.34. The van der Waals surface area contributed by atoms with E-state index in [2.05, 4.69) is 0 Å². The van der Waals surface area contributed by atoms with Crippen LogP contribution in [0.2, 0.25) is 0 Å². The Kier molecular flexibility index (Phi) is 13.9. The summed E-state index contributed by atoms with van der Waals surface area (Å²) in [6.45, 7) is 4.00. The van der Waals surface area contributed by atoms with Crippen LogP contribution in [0.15, 0.2) is 0 Å². The van der Waals surface area contributed by atoms with E-state index in [1.165, 1.54) is 0 Å². The first kappa shape index (κ1) is 18.7. The molecule has 0 saturated carbocycles. The molecule has 0 heterocycles. The normalized spacial score (nSPS) is 14.5. The van der Waals surface area contributed by atoms with E-state index in [1.807, 2.05) is 6.92 Å². The van der Waals surface area contributed by atoms with Crippen molar-refractivity contribution in [3.8, 4) is 0 Å². The van der Waals surface area contributed by atoms with Gasteiger partial charge in [-0.15, -0.1) is 0 Å². The zero-order valence-electron chi connectivity index (χ0n) is 12.0. The number of methoxy groups -OCH3 is 2. The predicted octanol–water partition coefficient (Wildman–Crippen LogP) is 0.0100. The average molecular weight is 282 g/mol. The van der Waals surface area contributed by atoms with Crippen molar-refractivity contribution >= 4 is 0 Å². The van der Waals surface area contributed by atoms with Gasteiger partial charge in [-0.2, -0.15) is 0 Å². The van der Waals surface area contributed by atoms with Crippen molar-refractivity contribution in [2.24, 2.45) is 0 Å². The number of aliphatic hydroxyl groups excluding tert-OH is 1. The van der Waals surface area contributed by atoms with Gasteiger partial charge in [-0.3, -0.25) is 0 Å². The van der Waals surface area contributed by atoms with E-state index in [1.54, 1.807) is 14.2 Å². The van der Waals surface area contributed by atoms with Crippen molar-refractivity contribution in [2.75, 3.05) is 60.5 Å². The summed E-state index contributed by atoms with van der Waals surface area (Å²) in [5.74, 6) is 0. The second-order valence-electron chi connectivity index (χ2n) is 3.79. The molecule has 0 rings (SSSR count). The van der Waals surface area contributed by atoms with Crippen molar-refractivity contribution in [1.82, 2.24) is 0 Å². The van der Waals surface area contributed by atoms with Gasteiger partial charge in [0.15, 0.2) is 0 Å². The standard InChI is InChI=1S/C12H26O7/c1-4-18-19-12(8-15-3)10-16-9-11(7-14-2)17-6-5-13/h11-13H,4-10H2,1-3H3. The van der Waals surface area contributed by atoms with E-state index in [0.29, 0.717) is 33.0 Å². The van der Waals surface area contributed by atoms with E-state index >= 15 is 0 Å². The van der Waals surface area contributed by atoms with Crippen LogP contribution in [0.4, 0.5) is 0 Å². The molecule has 116 valence electrons. The minimum Gasteiger partial charge on any atom is -0.394 e. The van der Waals surface area contributed by atoms with Crippen molar-refractivity contribution in [2.45, 2.75) is 19.1 Å². The first-order valence-corrected chi connectivity index (χ1v) is 6.34. The summed E-state index contributed by atoms with van der Waals surface area (Å²) in [5, 5.41) is 8.70. The van der Waals surface area contributed by atoms with Crippen molar-refractivity contribution in [3.05, 3.63) is 0 Å². The van der Waals surface area contributed by atoms with Gasteiger partial charge in [0.05, 0.1) is 46.2 Å². The molecule has 0 saturated heterocycles. The topological polar surface area (TPSA) is 75.6 Å². The molecular formula is C12H26O7. The Morgan fingerprint density at radius 1 is 0.947 bits per heavy atom. The lowest BCUT2D eigenvalue weighted by Gasteiger charge is -2.19. The second-order valence-corrected chi connectivity index (χ2v) is 3.79. The van der Waals surface area contributed by atoms with E-state index in [-0.39, 0.29) is 25.4 Å². The second kappa shape index (κ2) is 14.1. The van der Waals surface area contributed by atoms with E-state index in [0.717, 1.165) is 0 Å². The van der Waals surface area contributed by atoms with Crippen LogP contribution in [0.3, 0.4) is 0 Å².